The Morgan fingerprint density at radius 2 is 1.78 bits per heavy atom. The molecule has 0 spiro atoms. The molecule has 1 aromatic rings. The maximum absolute atomic E-state index is 12.9. The average molecular weight is 389 g/mol. The summed E-state index contributed by atoms with van der Waals surface area (Å²) in [5.74, 6) is 1.13. The fourth-order valence-corrected chi connectivity index (χ4v) is 4.93. The molecular weight excluding hydrogens is 356 g/mol. The predicted molar refractivity (Wildman–Crippen MR) is 111 cm³/mol. The molecule has 5 heteroatoms. The van der Waals surface area contributed by atoms with Crippen LogP contribution in [-0.2, 0) is 4.79 Å². The van der Waals surface area contributed by atoms with E-state index >= 15 is 0 Å². The highest BCUT2D eigenvalue weighted by molar-refractivity contribution is 8.00. The van der Waals surface area contributed by atoms with Crippen LogP contribution in [0.15, 0.2) is 29.2 Å². The number of benzene rings is 1. The minimum absolute atomic E-state index is 0.0858. The third-order valence-electron chi connectivity index (χ3n) is 5.66. The van der Waals surface area contributed by atoms with Crippen molar-refractivity contribution in [2.75, 3.05) is 18.8 Å². The Labute approximate surface area is 167 Å². The van der Waals surface area contributed by atoms with E-state index in [4.69, 9.17) is 0 Å². The van der Waals surface area contributed by atoms with Crippen LogP contribution in [0.1, 0.15) is 68.6 Å². The largest absolute Gasteiger partial charge is 0.353 e. The molecule has 1 saturated heterocycles. The Morgan fingerprint density at radius 1 is 1.07 bits per heavy atom. The molecule has 1 atom stereocenters. The van der Waals surface area contributed by atoms with Crippen LogP contribution in [-0.4, -0.2) is 41.6 Å². The molecule has 2 fully saturated rings. The summed E-state index contributed by atoms with van der Waals surface area (Å²) in [6.07, 6.45) is 9.59. The zero-order valence-electron chi connectivity index (χ0n) is 16.4. The summed E-state index contributed by atoms with van der Waals surface area (Å²) in [4.78, 5) is 28.1. The number of amides is 2. The van der Waals surface area contributed by atoms with Gasteiger partial charge in [-0.15, -0.1) is 11.8 Å². The molecule has 1 saturated carbocycles. The molecule has 0 aromatic heterocycles. The third kappa shape index (κ3) is 6.00. The van der Waals surface area contributed by atoms with Crippen LogP contribution >= 0.6 is 11.8 Å². The fraction of sp³-hybridized carbons (Fsp3) is 0.636. The maximum atomic E-state index is 12.9. The van der Waals surface area contributed by atoms with Crippen molar-refractivity contribution >= 4 is 23.6 Å². The van der Waals surface area contributed by atoms with Gasteiger partial charge < -0.3 is 10.2 Å². The second-order valence-electron chi connectivity index (χ2n) is 8.04. The highest BCUT2D eigenvalue weighted by Crippen LogP contribution is 2.26. The minimum Gasteiger partial charge on any atom is -0.353 e. The third-order valence-corrected chi connectivity index (χ3v) is 6.73. The van der Waals surface area contributed by atoms with E-state index in [1.807, 2.05) is 29.2 Å². The monoisotopic (exact) mass is 388 g/mol. The summed E-state index contributed by atoms with van der Waals surface area (Å²) in [5, 5.41) is 3.21. The lowest BCUT2D eigenvalue weighted by Gasteiger charge is -2.21. The van der Waals surface area contributed by atoms with E-state index in [-0.39, 0.29) is 11.8 Å². The topological polar surface area (TPSA) is 49.4 Å². The molecule has 1 N–H and O–H groups in total. The van der Waals surface area contributed by atoms with Gasteiger partial charge in [0, 0.05) is 24.0 Å². The normalized spacial score (nSPS) is 21.5. The molecule has 148 valence electrons. The first-order chi connectivity index (χ1) is 13.1. The second-order valence-corrected chi connectivity index (χ2v) is 9.06. The van der Waals surface area contributed by atoms with Crippen LogP contribution in [0.2, 0.25) is 0 Å². The number of thioether (sulfide) groups is 1. The summed E-state index contributed by atoms with van der Waals surface area (Å²) >= 11 is 1.48. The number of nitrogens with zero attached hydrogens (tertiary/aromatic N) is 1. The van der Waals surface area contributed by atoms with Gasteiger partial charge in [-0.05, 0) is 37.3 Å². The van der Waals surface area contributed by atoms with Crippen molar-refractivity contribution in [1.29, 1.82) is 0 Å². The average Bonchev–Trinajstić information content (AvgIpc) is 3.08. The first-order valence-corrected chi connectivity index (χ1v) is 11.4. The van der Waals surface area contributed by atoms with Crippen LogP contribution in [0, 0.1) is 5.92 Å². The minimum atomic E-state index is 0.0858. The Bertz CT molecular complexity index is 641. The van der Waals surface area contributed by atoms with Gasteiger partial charge in [0.05, 0.1) is 11.3 Å². The summed E-state index contributed by atoms with van der Waals surface area (Å²) in [6.45, 7) is 3.86. The standard InChI is InChI=1S/C22H32N2O2S/c1-17-13-14-24(15-17)22(26)19-11-7-8-12-20(19)27-16-21(25)23-18-9-5-3-2-4-6-10-18/h7-8,11-12,17-18H,2-6,9-10,13-16H2,1H3,(H,23,25). The van der Waals surface area contributed by atoms with Gasteiger partial charge in [0.1, 0.15) is 0 Å². The van der Waals surface area contributed by atoms with E-state index in [2.05, 4.69) is 12.2 Å². The van der Waals surface area contributed by atoms with Crippen LogP contribution in [0.3, 0.4) is 0 Å². The van der Waals surface area contributed by atoms with Gasteiger partial charge in [0.2, 0.25) is 5.91 Å². The molecule has 1 aromatic carbocycles. The maximum Gasteiger partial charge on any atom is 0.254 e. The summed E-state index contributed by atoms with van der Waals surface area (Å²) in [7, 11) is 0. The summed E-state index contributed by atoms with van der Waals surface area (Å²) in [6, 6.07) is 8.02. The van der Waals surface area contributed by atoms with Crippen LogP contribution < -0.4 is 5.32 Å². The fourth-order valence-electron chi connectivity index (χ4n) is 4.07. The van der Waals surface area contributed by atoms with Gasteiger partial charge in [0.25, 0.3) is 5.91 Å². The molecule has 27 heavy (non-hydrogen) atoms. The zero-order chi connectivity index (χ0) is 19.1. The molecule has 2 aliphatic rings. The van der Waals surface area contributed by atoms with E-state index in [0.717, 1.165) is 42.8 Å². The van der Waals surface area contributed by atoms with Crippen LogP contribution in [0.5, 0.6) is 0 Å². The van der Waals surface area contributed by atoms with Crippen molar-refractivity contribution in [1.82, 2.24) is 10.2 Å². The first kappa shape index (κ1) is 20.2. The summed E-state index contributed by atoms with van der Waals surface area (Å²) < 4.78 is 0. The van der Waals surface area contributed by atoms with E-state index in [1.54, 1.807) is 0 Å². The van der Waals surface area contributed by atoms with Gasteiger partial charge in [-0.2, -0.15) is 0 Å². The molecular formula is C22H32N2O2S. The first-order valence-electron chi connectivity index (χ1n) is 10.4. The molecule has 1 unspecified atom stereocenters. The molecule has 1 heterocycles. The van der Waals surface area contributed by atoms with Crippen molar-refractivity contribution < 1.29 is 9.59 Å². The Kier molecular flexibility index (Phi) is 7.62. The number of likely N-dealkylation sites (tertiary alicyclic amines) is 1. The Morgan fingerprint density at radius 3 is 2.48 bits per heavy atom. The number of nitrogens with one attached hydrogen (secondary N) is 1. The molecule has 0 radical (unpaired) electrons. The van der Waals surface area contributed by atoms with E-state index in [9.17, 15) is 9.59 Å². The summed E-state index contributed by atoms with van der Waals surface area (Å²) in [5.41, 5.74) is 0.732. The van der Waals surface area contributed by atoms with Crippen molar-refractivity contribution in [3.8, 4) is 0 Å². The molecule has 1 aliphatic heterocycles. The lowest BCUT2D eigenvalue weighted by Crippen LogP contribution is -2.36. The Hall–Kier alpha value is -1.49. The van der Waals surface area contributed by atoms with Gasteiger partial charge in [-0.25, -0.2) is 0 Å². The predicted octanol–water partition coefficient (Wildman–Crippen LogP) is 4.49. The molecule has 2 amide bonds. The lowest BCUT2D eigenvalue weighted by atomic mass is 9.97. The molecule has 3 rings (SSSR count). The smallest absolute Gasteiger partial charge is 0.254 e. The molecule has 1 aliphatic carbocycles. The van der Waals surface area contributed by atoms with Crippen molar-refractivity contribution in [2.45, 2.75) is 69.2 Å². The number of carbonyl (C=O) groups is 2. The van der Waals surface area contributed by atoms with Gasteiger partial charge in [-0.3, -0.25) is 9.59 Å². The van der Waals surface area contributed by atoms with Gasteiger partial charge >= 0.3 is 0 Å². The van der Waals surface area contributed by atoms with E-state index < -0.39 is 0 Å². The molecule has 0 bridgehead atoms. The molecule has 4 nitrogen and oxygen atoms in total. The van der Waals surface area contributed by atoms with E-state index in [1.165, 1.54) is 43.9 Å². The number of rotatable bonds is 5. The Balaban J connectivity index is 1.54. The highest BCUT2D eigenvalue weighted by Gasteiger charge is 2.25. The van der Waals surface area contributed by atoms with Crippen molar-refractivity contribution in [2.24, 2.45) is 5.92 Å². The van der Waals surface area contributed by atoms with Crippen LogP contribution in [0.25, 0.3) is 0 Å². The number of carbonyl (C=O) groups excluding carboxylic acids is 2. The lowest BCUT2D eigenvalue weighted by molar-refractivity contribution is -0.119. The number of hydrogen-bond acceptors (Lipinski definition) is 3. The zero-order valence-corrected chi connectivity index (χ0v) is 17.2. The van der Waals surface area contributed by atoms with Gasteiger partial charge in [-0.1, -0.05) is 51.2 Å². The number of hydrogen-bond donors (Lipinski definition) is 1. The second kappa shape index (κ2) is 10.2. The van der Waals surface area contributed by atoms with Crippen molar-refractivity contribution in [3.63, 3.8) is 0 Å². The van der Waals surface area contributed by atoms with E-state index in [0.29, 0.717) is 17.7 Å². The van der Waals surface area contributed by atoms with Gasteiger partial charge in [0.15, 0.2) is 0 Å². The highest BCUT2D eigenvalue weighted by atomic mass is 32.2. The van der Waals surface area contributed by atoms with Crippen LogP contribution in [0.4, 0.5) is 0 Å². The SMILES string of the molecule is CC1CCN(C(=O)c2ccccc2SCC(=O)NC2CCCCCCC2)C1. The quantitative estimate of drug-likeness (QED) is 0.756. The van der Waals surface area contributed by atoms with Crippen molar-refractivity contribution in [3.05, 3.63) is 29.8 Å².